The van der Waals surface area contributed by atoms with Crippen molar-refractivity contribution in [3.63, 3.8) is 0 Å². The molecule has 0 radical (unpaired) electrons. The summed E-state index contributed by atoms with van der Waals surface area (Å²) in [6, 6.07) is 5.77. The lowest BCUT2D eigenvalue weighted by Crippen LogP contribution is -2.47. The molecule has 322 valence electrons. The molecule has 1 aromatic heterocycles. The summed E-state index contributed by atoms with van der Waals surface area (Å²) in [5.74, 6) is -0.400. The zero-order valence-corrected chi connectivity index (χ0v) is 36.5. The maximum Gasteiger partial charge on any atom is 0.237 e. The molecule has 0 bridgehead atoms. The average molecular weight is 832 g/mol. The molecule has 1 fully saturated rings. The van der Waals surface area contributed by atoms with Gasteiger partial charge in [0.05, 0.1) is 30.0 Å². The molecule has 3 rings (SSSR count). The smallest absolute Gasteiger partial charge is 0.237 e. The van der Waals surface area contributed by atoms with Crippen LogP contribution < -0.4 is 9.62 Å². The van der Waals surface area contributed by atoms with Crippen LogP contribution in [-0.2, 0) is 20.6 Å². The third-order valence-electron chi connectivity index (χ3n) is 9.85. The van der Waals surface area contributed by atoms with Crippen molar-refractivity contribution in [3.05, 3.63) is 108 Å². The van der Waals surface area contributed by atoms with E-state index in [2.05, 4.69) is 83.0 Å². The quantitative estimate of drug-likeness (QED) is 0.0712. The van der Waals surface area contributed by atoms with Crippen LogP contribution in [-0.4, -0.2) is 85.7 Å². The third-order valence-corrected chi connectivity index (χ3v) is 10.8. The Kier molecular flexibility index (Phi) is 22.6. The first-order valence-corrected chi connectivity index (χ1v) is 22.5. The second-order valence-electron chi connectivity index (χ2n) is 15.1. The van der Waals surface area contributed by atoms with Crippen LogP contribution in [0.2, 0.25) is 0 Å². The summed E-state index contributed by atoms with van der Waals surface area (Å²) in [6.45, 7) is 7.20. The van der Waals surface area contributed by atoms with Crippen molar-refractivity contribution in [2.45, 2.75) is 122 Å². The summed E-state index contributed by atoms with van der Waals surface area (Å²) in [4.78, 5) is 36.8. The molecule has 0 aliphatic carbocycles. The van der Waals surface area contributed by atoms with E-state index in [-0.39, 0.29) is 42.6 Å². The van der Waals surface area contributed by atoms with Gasteiger partial charge in [0.2, 0.25) is 17.8 Å². The lowest BCUT2D eigenvalue weighted by Gasteiger charge is -2.32. The summed E-state index contributed by atoms with van der Waals surface area (Å²) in [5, 5.41) is 24.6. The number of aliphatic hydroxyl groups is 2. The Bertz CT molecular complexity index is 1800. The Morgan fingerprint density at radius 3 is 2.07 bits per heavy atom. The van der Waals surface area contributed by atoms with Crippen LogP contribution in [0.25, 0.3) is 17.3 Å². The van der Waals surface area contributed by atoms with E-state index in [4.69, 9.17) is 0 Å². The average Bonchev–Trinajstić information content (AvgIpc) is 3.20. The minimum absolute atomic E-state index is 0.0735. The number of amides is 2. The van der Waals surface area contributed by atoms with Crippen molar-refractivity contribution in [1.29, 1.82) is 0 Å². The highest BCUT2D eigenvalue weighted by Gasteiger charge is 2.25. The molecule has 3 atom stereocenters. The van der Waals surface area contributed by atoms with Crippen LogP contribution in [0.1, 0.15) is 115 Å². The van der Waals surface area contributed by atoms with Crippen LogP contribution in [0.3, 0.4) is 0 Å². The fourth-order valence-electron chi connectivity index (χ4n) is 6.48. The molecule has 10 nitrogen and oxygen atoms in total. The number of nitrogens with one attached hydrogen (secondary N) is 1. The maximum atomic E-state index is 13.8. The number of rotatable bonds is 24. The molecule has 3 unspecified atom stereocenters. The van der Waals surface area contributed by atoms with E-state index in [0.717, 1.165) is 44.9 Å². The molecule has 1 aliphatic rings. The van der Waals surface area contributed by atoms with Crippen molar-refractivity contribution in [3.8, 4) is 11.3 Å². The Labute approximate surface area is 354 Å². The Hall–Kier alpha value is -4.52. The summed E-state index contributed by atoms with van der Waals surface area (Å²) >= 11 is 0. The molecule has 3 N–H and O–H groups in total. The number of hydrogen-bond donors (Lipinski definition) is 3. The zero-order valence-electron chi connectivity index (χ0n) is 35.6. The molecule has 59 heavy (non-hydrogen) atoms. The van der Waals surface area contributed by atoms with Crippen LogP contribution >= 0.6 is 0 Å². The number of carbonyl (C=O) groups excluding carboxylic acids is 2. The number of carbonyl (C=O) groups is 2. The number of allylic oxidation sites excluding steroid dienone is 10. The minimum atomic E-state index is -1.38. The summed E-state index contributed by atoms with van der Waals surface area (Å²) < 4.78 is 27.5. The molecule has 2 aromatic rings. The highest BCUT2D eigenvalue weighted by Crippen LogP contribution is 2.31. The standard InChI is InChI=1S/C47H66FN5O5S/c1-6-7-8-9-10-11-12-13-14-15-16-17-18-19-20-21-22-23-44(57)53-32-30-39(31-33-53)49-43(56)35-41(55)34-40(54)28-29-42-45(36(2)3)50-47(52(4)59(5)58)51-46(42)37-24-26-38(48)27-25-37/h7-8,10-11,13-14,16-17,19-20,24-29,36,39-41,54-55H,6,9,12,15,18,21-23,30-35H2,1-5H3,(H,49,56)/b8-7-,11-10-,14-13-,17-16-,20-19-,29-28+. The van der Waals surface area contributed by atoms with Gasteiger partial charge in [-0.3, -0.25) is 13.9 Å². The van der Waals surface area contributed by atoms with Gasteiger partial charge in [0.15, 0.2) is 0 Å². The lowest BCUT2D eigenvalue weighted by atomic mass is 9.97. The summed E-state index contributed by atoms with van der Waals surface area (Å²) in [5.41, 5.74) is 2.34. The molecule has 1 saturated heterocycles. The monoisotopic (exact) mass is 831 g/mol. The van der Waals surface area contributed by atoms with Crippen molar-refractivity contribution < 1.29 is 28.4 Å². The molecule has 0 saturated carbocycles. The summed E-state index contributed by atoms with van der Waals surface area (Å²) in [6.07, 6.45) is 32.3. The second kappa shape index (κ2) is 27.3. The van der Waals surface area contributed by atoms with Gasteiger partial charge >= 0.3 is 0 Å². The zero-order chi connectivity index (χ0) is 43.0. The Morgan fingerprint density at radius 2 is 1.51 bits per heavy atom. The van der Waals surface area contributed by atoms with Crippen molar-refractivity contribution in [1.82, 2.24) is 20.2 Å². The number of piperidine rings is 1. The van der Waals surface area contributed by atoms with Gasteiger partial charge in [-0.2, -0.15) is 0 Å². The van der Waals surface area contributed by atoms with Gasteiger partial charge in [-0.25, -0.2) is 18.6 Å². The van der Waals surface area contributed by atoms with E-state index < -0.39 is 29.0 Å². The number of aromatic nitrogens is 2. The number of nitrogens with zero attached hydrogens (tertiary/aromatic N) is 4. The minimum Gasteiger partial charge on any atom is -0.392 e. The van der Waals surface area contributed by atoms with Crippen molar-refractivity contribution in [2.24, 2.45) is 0 Å². The van der Waals surface area contributed by atoms with Gasteiger partial charge in [-0.1, -0.05) is 93.7 Å². The molecule has 2 amide bonds. The number of benzene rings is 1. The van der Waals surface area contributed by atoms with Gasteiger partial charge < -0.3 is 20.4 Å². The first kappa shape index (κ1) is 48.8. The molecule has 2 heterocycles. The normalized spacial score (nSPS) is 15.8. The Balaban J connectivity index is 1.38. The fourth-order valence-corrected chi connectivity index (χ4v) is 6.79. The maximum absolute atomic E-state index is 13.8. The molecule has 12 heteroatoms. The van der Waals surface area contributed by atoms with E-state index >= 15 is 0 Å². The molecule has 1 aromatic carbocycles. The van der Waals surface area contributed by atoms with E-state index in [1.54, 1.807) is 25.3 Å². The van der Waals surface area contributed by atoms with Crippen LogP contribution in [0.15, 0.2) is 91.1 Å². The first-order chi connectivity index (χ1) is 28.4. The van der Waals surface area contributed by atoms with E-state index in [0.29, 0.717) is 54.9 Å². The predicted molar refractivity (Wildman–Crippen MR) is 240 cm³/mol. The number of halogens is 1. The molecule has 0 spiro atoms. The Morgan fingerprint density at radius 1 is 0.932 bits per heavy atom. The topological polar surface area (TPSA) is 136 Å². The lowest BCUT2D eigenvalue weighted by molar-refractivity contribution is -0.132. The molecule has 1 aliphatic heterocycles. The SMILES string of the molecule is CC/C=C\C/C=C\C/C=C\C/C=C\C/C=C\CCCC(=O)N1CCC(NC(=O)CC(O)CC(O)/C=C/c2c(-c3ccc(F)cc3)nc(N(C)S(C)=O)nc2C(C)C)CC1. The van der Waals surface area contributed by atoms with Crippen molar-refractivity contribution in [2.75, 3.05) is 30.7 Å². The van der Waals surface area contributed by atoms with Gasteiger partial charge in [-0.15, -0.1) is 0 Å². The largest absolute Gasteiger partial charge is 0.392 e. The van der Waals surface area contributed by atoms with Gasteiger partial charge in [0, 0.05) is 56.4 Å². The van der Waals surface area contributed by atoms with Crippen molar-refractivity contribution >= 4 is 34.8 Å². The highest BCUT2D eigenvalue weighted by molar-refractivity contribution is 7.85. The fraction of sp³-hybridized carbons (Fsp3) is 0.489. The van der Waals surface area contributed by atoms with E-state index in [1.807, 2.05) is 18.7 Å². The van der Waals surface area contributed by atoms with Crippen LogP contribution in [0, 0.1) is 5.82 Å². The number of anilines is 1. The molecular weight excluding hydrogens is 766 g/mol. The van der Waals surface area contributed by atoms with E-state index in [9.17, 15) is 28.4 Å². The van der Waals surface area contributed by atoms with Crippen LogP contribution in [0.4, 0.5) is 10.3 Å². The number of likely N-dealkylation sites (tertiary alicyclic amines) is 1. The molecular formula is C47H66FN5O5S. The number of aliphatic hydroxyl groups excluding tert-OH is 2. The predicted octanol–water partition coefficient (Wildman–Crippen LogP) is 8.68. The van der Waals surface area contributed by atoms with Gasteiger partial charge in [-0.05, 0) is 88.0 Å². The van der Waals surface area contributed by atoms with Gasteiger partial charge in [0.1, 0.15) is 16.8 Å². The van der Waals surface area contributed by atoms with E-state index in [1.165, 1.54) is 28.8 Å². The number of unbranched alkanes of at least 4 members (excludes halogenated alkanes) is 1. The van der Waals surface area contributed by atoms with Crippen LogP contribution in [0.5, 0.6) is 0 Å². The second-order valence-corrected chi connectivity index (χ2v) is 16.5. The van der Waals surface area contributed by atoms with Gasteiger partial charge in [0.25, 0.3) is 0 Å². The third kappa shape index (κ3) is 18.5. The highest BCUT2D eigenvalue weighted by atomic mass is 32.2. The summed E-state index contributed by atoms with van der Waals surface area (Å²) in [7, 11) is 0.243. The first-order valence-electron chi connectivity index (χ1n) is 21.0. The number of hydrogen-bond acceptors (Lipinski definition) is 7.